The Bertz CT molecular complexity index is 410. The molecule has 0 aliphatic heterocycles. The van der Waals surface area contributed by atoms with Crippen LogP contribution in [-0.2, 0) is 0 Å². The molecule has 0 fully saturated rings. The van der Waals surface area contributed by atoms with E-state index in [9.17, 15) is 10.1 Å². The third kappa shape index (κ3) is 2.65. The number of nitrogens with zero attached hydrogens (tertiary/aromatic N) is 1. The Labute approximate surface area is 89.6 Å². The molecule has 15 heavy (non-hydrogen) atoms. The van der Waals surface area contributed by atoms with Crippen molar-refractivity contribution in [2.24, 2.45) is 0 Å². The molecule has 0 aliphatic carbocycles. The molecule has 3 heteroatoms. The molecule has 0 spiro atoms. The molecule has 1 aromatic rings. The van der Waals surface area contributed by atoms with Gasteiger partial charge in [-0.15, -0.1) is 0 Å². The Kier molecular flexibility index (Phi) is 3.24. The summed E-state index contributed by atoms with van der Waals surface area (Å²) in [5.74, 6) is 0. The van der Waals surface area contributed by atoms with Gasteiger partial charge in [-0.3, -0.25) is 10.1 Å². The van der Waals surface area contributed by atoms with Gasteiger partial charge in [0, 0.05) is 13.0 Å². The average Bonchev–Trinajstić information content (AvgIpc) is 2.10. The van der Waals surface area contributed by atoms with E-state index in [0.29, 0.717) is 0 Å². The highest BCUT2D eigenvalue weighted by atomic mass is 16.6. The molecule has 1 aromatic carbocycles. The zero-order valence-electron chi connectivity index (χ0n) is 9.50. The summed E-state index contributed by atoms with van der Waals surface area (Å²) in [5, 5.41) is 10.5. The van der Waals surface area contributed by atoms with Crippen molar-refractivity contribution in [3.63, 3.8) is 0 Å². The number of allylic oxidation sites excluding steroid dienone is 1. The van der Waals surface area contributed by atoms with Gasteiger partial charge in [-0.1, -0.05) is 17.7 Å². The van der Waals surface area contributed by atoms with E-state index in [2.05, 4.69) is 0 Å². The van der Waals surface area contributed by atoms with E-state index in [4.69, 9.17) is 0 Å². The van der Waals surface area contributed by atoms with Gasteiger partial charge in [-0.2, -0.15) is 0 Å². The summed E-state index contributed by atoms with van der Waals surface area (Å²) in [6.07, 6.45) is 1.63. The molecule has 0 aromatic heterocycles. The Morgan fingerprint density at radius 2 is 1.73 bits per heavy atom. The quantitative estimate of drug-likeness (QED) is 0.549. The number of rotatable bonds is 2. The fraction of sp³-hybridized carbons (Fsp3) is 0.333. The first-order valence-electron chi connectivity index (χ1n) is 4.82. The zero-order valence-corrected chi connectivity index (χ0v) is 9.50. The molecule has 1 rings (SSSR count). The summed E-state index contributed by atoms with van der Waals surface area (Å²) in [6, 6.07) is 4.07. The summed E-state index contributed by atoms with van der Waals surface area (Å²) in [6.45, 7) is 7.48. The van der Waals surface area contributed by atoms with Gasteiger partial charge in [0.05, 0.1) is 4.92 Å². The van der Waals surface area contributed by atoms with Crippen LogP contribution in [0.5, 0.6) is 0 Å². The fourth-order valence-corrected chi connectivity index (χ4v) is 1.68. The predicted octanol–water partition coefficient (Wildman–Crippen LogP) is 3.25. The molecule has 0 unspecified atom stereocenters. The maximum Gasteiger partial charge on any atom is 0.243 e. The van der Waals surface area contributed by atoms with Gasteiger partial charge >= 0.3 is 0 Å². The highest BCUT2D eigenvalue weighted by Gasteiger charge is 2.06. The minimum atomic E-state index is -0.362. The smallest absolute Gasteiger partial charge is 0.243 e. The molecule has 0 amide bonds. The largest absolute Gasteiger partial charge is 0.259 e. The second-order valence-electron chi connectivity index (χ2n) is 3.86. The molecule has 0 atom stereocenters. The highest BCUT2D eigenvalue weighted by molar-refractivity contribution is 5.59. The van der Waals surface area contributed by atoms with Gasteiger partial charge in [0.2, 0.25) is 5.70 Å². The van der Waals surface area contributed by atoms with E-state index in [1.54, 1.807) is 6.08 Å². The average molecular weight is 205 g/mol. The highest BCUT2D eigenvalue weighted by Crippen LogP contribution is 2.19. The van der Waals surface area contributed by atoms with Gasteiger partial charge in [0.25, 0.3) is 0 Å². The molecular formula is C12H15NO2. The van der Waals surface area contributed by atoms with Crippen molar-refractivity contribution in [1.82, 2.24) is 0 Å². The predicted molar refractivity (Wildman–Crippen MR) is 61.3 cm³/mol. The maximum absolute atomic E-state index is 10.5. The molecule has 80 valence electrons. The van der Waals surface area contributed by atoms with Crippen molar-refractivity contribution in [2.75, 3.05) is 0 Å². The van der Waals surface area contributed by atoms with Crippen LogP contribution < -0.4 is 0 Å². The minimum Gasteiger partial charge on any atom is -0.259 e. The lowest BCUT2D eigenvalue weighted by molar-refractivity contribution is -0.422. The number of nitro groups is 1. The summed E-state index contributed by atoms with van der Waals surface area (Å²) in [5.41, 5.74) is 4.46. The minimum absolute atomic E-state index is 0.171. The first-order chi connectivity index (χ1) is 6.91. The Balaban J connectivity index is 3.27. The van der Waals surface area contributed by atoms with Crippen molar-refractivity contribution in [3.8, 4) is 0 Å². The van der Waals surface area contributed by atoms with E-state index in [1.165, 1.54) is 12.5 Å². The molecule has 0 radical (unpaired) electrons. The van der Waals surface area contributed by atoms with Gasteiger partial charge in [-0.05, 0) is 37.5 Å². The van der Waals surface area contributed by atoms with E-state index >= 15 is 0 Å². The van der Waals surface area contributed by atoms with Gasteiger partial charge in [0.1, 0.15) is 0 Å². The van der Waals surface area contributed by atoms with Crippen molar-refractivity contribution in [2.45, 2.75) is 27.7 Å². The monoisotopic (exact) mass is 205 g/mol. The number of hydrogen-bond donors (Lipinski definition) is 0. The summed E-state index contributed by atoms with van der Waals surface area (Å²) < 4.78 is 0. The topological polar surface area (TPSA) is 43.1 Å². The van der Waals surface area contributed by atoms with Crippen molar-refractivity contribution in [3.05, 3.63) is 50.2 Å². The zero-order chi connectivity index (χ0) is 11.6. The van der Waals surface area contributed by atoms with Crippen LogP contribution in [0.4, 0.5) is 0 Å². The van der Waals surface area contributed by atoms with Crippen LogP contribution in [0.1, 0.15) is 29.2 Å². The number of benzene rings is 1. The normalized spacial score (nSPS) is 11.6. The molecule has 0 saturated heterocycles. The van der Waals surface area contributed by atoms with Crippen LogP contribution in [0.25, 0.3) is 6.08 Å². The van der Waals surface area contributed by atoms with Crippen LogP contribution in [0.2, 0.25) is 0 Å². The third-order valence-corrected chi connectivity index (χ3v) is 2.38. The van der Waals surface area contributed by atoms with Gasteiger partial charge < -0.3 is 0 Å². The lowest BCUT2D eigenvalue weighted by Gasteiger charge is -2.06. The Morgan fingerprint density at radius 1 is 1.27 bits per heavy atom. The van der Waals surface area contributed by atoms with Crippen molar-refractivity contribution >= 4 is 6.08 Å². The number of aryl methyl sites for hydroxylation is 3. The molecule has 0 bridgehead atoms. The lowest BCUT2D eigenvalue weighted by Crippen LogP contribution is -1.95. The lowest BCUT2D eigenvalue weighted by atomic mass is 9.99. The van der Waals surface area contributed by atoms with Crippen LogP contribution in [0, 0.1) is 30.9 Å². The second kappa shape index (κ2) is 4.26. The SMILES string of the molecule is C/C(=C\c1c(C)cc(C)cc1C)[N+](=O)[O-]. The number of hydrogen-bond acceptors (Lipinski definition) is 2. The van der Waals surface area contributed by atoms with Crippen LogP contribution in [0.3, 0.4) is 0 Å². The van der Waals surface area contributed by atoms with Crippen molar-refractivity contribution in [1.29, 1.82) is 0 Å². The molecule has 0 heterocycles. The van der Waals surface area contributed by atoms with E-state index in [-0.39, 0.29) is 10.6 Å². The molecular weight excluding hydrogens is 190 g/mol. The summed E-state index contributed by atoms with van der Waals surface area (Å²) in [4.78, 5) is 10.2. The van der Waals surface area contributed by atoms with E-state index in [1.807, 2.05) is 32.9 Å². The fourth-order valence-electron chi connectivity index (χ4n) is 1.68. The van der Waals surface area contributed by atoms with E-state index in [0.717, 1.165) is 16.7 Å². The molecule has 0 N–H and O–H groups in total. The first kappa shape index (κ1) is 11.4. The molecule has 0 aliphatic rings. The second-order valence-corrected chi connectivity index (χ2v) is 3.86. The summed E-state index contributed by atoms with van der Waals surface area (Å²) >= 11 is 0. The summed E-state index contributed by atoms with van der Waals surface area (Å²) in [7, 11) is 0. The third-order valence-electron chi connectivity index (χ3n) is 2.38. The first-order valence-corrected chi connectivity index (χ1v) is 4.82. The van der Waals surface area contributed by atoms with Crippen LogP contribution in [0.15, 0.2) is 17.8 Å². The van der Waals surface area contributed by atoms with Crippen molar-refractivity contribution < 1.29 is 4.92 Å². The maximum atomic E-state index is 10.5. The van der Waals surface area contributed by atoms with Crippen LogP contribution >= 0.6 is 0 Å². The standard InChI is InChI=1S/C12H15NO2/c1-8-5-9(2)12(10(3)6-8)7-11(4)13(14)15/h5-7H,1-4H3/b11-7+. The van der Waals surface area contributed by atoms with Gasteiger partial charge in [0.15, 0.2) is 0 Å². The Hall–Kier alpha value is -1.64. The van der Waals surface area contributed by atoms with Gasteiger partial charge in [-0.25, -0.2) is 0 Å². The van der Waals surface area contributed by atoms with E-state index < -0.39 is 0 Å². The molecule has 0 saturated carbocycles. The van der Waals surface area contributed by atoms with Crippen LogP contribution in [-0.4, -0.2) is 4.92 Å². The Morgan fingerprint density at radius 3 is 2.13 bits per heavy atom. The molecule has 3 nitrogen and oxygen atoms in total.